The van der Waals surface area contributed by atoms with Crippen LogP contribution in [0.5, 0.6) is 11.5 Å². The molecule has 1 aromatic carbocycles. The van der Waals surface area contributed by atoms with Gasteiger partial charge >= 0.3 is 0 Å². The molecule has 1 heterocycles. The summed E-state index contributed by atoms with van der Waals surface area (Å²) in [6.45, 7) is 0. The molecule has 13 heavy (non-hydrogen) atoms. The Morgan fingerprint density at radius 2 is 2.31 bits per heavy atom. The van der Waals surface area contributed by atoms with Crippen molar-refractivity contribution >= 4 is 12.4 Å². The zero-order valence-electron chi connectivity index (χ0n) is 6.81. The molecule has 0 saturated carbocycles. The van der Waals surface area contributed by atoms with E-state index in [4.69, 9.17) is 4.74 Å². The van der Waals surface area contributed by atoms with E-state index in [1.165, 1.54) is 6.07 Å². The third-order valence-electron chi connectivity index (χ3n) is 1.88. The van der Waals surface area contributed by atoms with Crippen molar-refractivity contribution in [3.05, 3.63) is 29.8 Å². The van der Waals surface area contributed by atoms with Crippen LogP contribution in [0.4, 0.5) is 0 Å². The summed E-state index contributed by atoms with van der Waals surface area (Å²) in [6.07, 6.45) is 3.51. The monoisotopic (exact) mass is 176 g/mol. The highest BCUT2D eigenvalue weighted by molar-refractivity contribution is 5.71. The standard InChI is InChI=1S/C10H8O3/c11-6-8-5-4-7-2-1-3-9(12)10(7)13-8/h1-6,8,12H. The minimum atomic E-state index is -0.583. The fourth-order valence-corrected chi connectivity index (χ4v) is 1.25. The molecule has 2 rings (SSSR count). The van der Waals surface area contributed by atoms with E-state index in [2.05, 4.69) is 0 Å². The van der Waals surface area contributed by atoms with E-state index in [1.54, 1.807) is 18.2 Å². The summed E-state index contributed by atoms with van der Waals surface area (Å²) < 4.78 is 5.21. The first-order chi connectivity index (χ1) is 6.31. The Hall–Kier alpha value is -1.77. The molecule has 0 fully saturated rings. The molecule has 3 heteroatoms. The van der Waals surface area contributed by atoms with E-state index >= 15 is 0 Å². The van der Waals surface area contributed by atoms with Crippen molar-refractivity contribution in [3.63, 3.8) is 0 Å². The number of carbonyl (C=O) groups is 1. The Bertz CT molecular complexity index is 368. The predicted octanol–water partition coefficient (Wildman–Crippen LogP) is 1.37. The molecule has 1 atom stereocenters. The molecule has 0 spiro atoms. The van der Waals surface area contributed by atoms with Crippen molar-refractivity contribution in [2.75, 3.05) is 0 Å². The maximum Gasteiger partial charge on any atom is 0.172 e. The highest BCUT2D eigenvalue weighted by Crippen LogP contribution is 2.34. The first-order valence-corrected chi connectivity index (χ1v) is 3.93. The van der Waals surface area contributed by atoms with Gasteiger partial charge in [-0.15, -0.1) is 0 Å². The van der Waals surface area contributed by atoms with Crippen LogP contribution in [0, 0.1) is 0 Å². The minimum absolute atomic E-state index is 0.0636. The second-order valence-electron chi connectivity index (χ2n) is 2.77. The third kappa shape index (κ3) is 1.28. The quantitative estimate of drug-likeness (QED) is 0.657. The maximum atomic E-state index is 10.4. The molecule has 0 bridgehead atoms. The summed E-state index contributed by atoms with van der Waals surface area (Å²) in [5, 5.41) is 9.39. The van der Waals surface area contributed by atoms with Crippen molar-refractivity contribution < 1.29 is 14.6 Å². The lowest BCUT2D eigenvalue weighted by atomic mass is 10.1. The second kappa shape index (κ2) is 2.94. The molecule has 1 aromatic rings. The van der Waals surface area contributed by atoms with Crippen LogP contribution in [0.2, 0.25) is 0 Å². The molecule has 1 unspecified atom stereocenters. The Balaban J connectivity index is 2.47. The van der Waals surface area contributed by atoms with Crippen molar-refractivity contribution in [3.8, 4) is 11.5 Å². The van der Waals surface area contributed by atoms with Gasteiger partial charge in [0.05, 0.1) is 0 Å². The Kier molecular flexibility index (Phi) is 1.77. The van der Waals surface area contributed by atoms with Gasteiger partial charge in [0.25, 0.3) is 0 Å². The first kappa shape index (κ1) is 7.86. The summed E-state index contributed by atoms with van der Waals surface area (Å²) in [4.78, 5) is 10.4. The number of hydrogen-bond donors (Lipinski definition) is 1. The molecule has 0 aromatic heterocycles. The van der Waals surface area contributed by atoms with Gasteiger partial charge < -0.3 is 9.84 Å². The summed E-state index contributed by atoms with van der Waals surface area (Å²) in [5.74, 6) is 0.441. The number of aldehydes is 1. The molecule has 1 N–H and O–H groups in total. The topological polar surface area (TPSA) is 46.5 Å². The highest BCUT2D eigenvalue weighted by atomic mass is 16.5. The fourth-order valence-electron chi connectivity index (χ4n) is 1.25. The second-order valence-corrected chi connectivity index (χ2v) is 2.77. The van der Waals surface area contributed by atoms with Crippen LogP contribution in [0.3, 0.4) is 0 Å². The molecule has 1 aliphatic rings. The zero-order chi connectivity index (χ0) is 9.26. The smallest absolute Gasteiger partial charge is 0.172 e. The highest BCUT2D eigenvalue weighted by Gasteiger charge is 2.16. The number of carbonyl (C=O) groups excluding carboxylic acids is 1. The van der Waals surface area contributed by atoms with Crippen LogP contribution in [-0.2, 0) is 4.79 Å². The van der Waals surface area contributed by atoms with E-state index in [9.17, 15) is 9.90 Å². The molecule has 0 amide bonds. The predicted molar refractivity (Wildman–Crippen MR) is 47.6 cm³/mol. The van der Waals surface area contributed by atoms with Crippen molar-refractivity contribution in [1.29, 1.82) is 0 Å². The average molecular weight is 176 g/mol. The number of phenols is 1. The largest absolute Gasteiger partial charge is 0.504 e. The van der Waals surface area contributed by atoms with Gasteiger partial charge in [-0.05, 0) is 12.1 Å². The Morgan fingerprint density at radius 1 is 1.46 bits per heavy atom. The van der Waals surface area contributed by atoms with Crippen LogP contribution in [-0.4, -0.2) is 17.5 Å². The maximum absolute atomic E-state index is 10.4. The summed E-state index contributed by atoms with van der Waals surface area (Å²) >= 11 is 0. The van der Waals surface area contributed by atoms with Gasteiger partial charge in [-0.1, -0.05) is 18.2 Å². The Labute approximate surface area is 75.3 Å². The SMILES string of the molecule is O=CC1C=Cc2cccc(O)c2O1. The van der Waals surface area contributed by atoms with Gasteiger partial charge in [-0.25, -0.2) is 0 Å². The molecule has 0 radical (unpaired) electrons. The number of aromatic hydroxyl groups is 1. The summed E-state index contributed by atoms with van der Waals surface area (Å²) in [7, 11) is 0. The Morgan fingerprint density at radius 3 is 3.08 bits per heavy atom. The van der Waals surface area contributed by atoms with Gasteiger partial charge in [0.2, 0.25) is 0 Å². The number of benzene rings is 1. The van der Waals surface area contributed by atoms with E-state index in [1.807, 2.05) is 6.07 Å². The van der Waals surface area contributed by atoms with Crippen molar-refractivity contribution in [2.24, 2.45) is 0 Å². The van der Waals surface area contributed by atoms with Crippen LogP contribution in [0.15, 0.2) is 24.3 Å². The molecule has 0 aliphatic carbocycles. The number of ether oxygens (including phenoxy) is 1. The lowest BCUT2D eigenvalue weighted by Gasteiger charge is -2.17. The summed E-state index contributed by atoms with van der Waals surface area (Å²) in [5.41, 5.74) is 0.790. The van der Waals surface area contributed by atoms with Crippen LogP contribution >= 0.6 is 0 Å². The number of hydrogen-bond acceptors (Lipinski definition) is 3. The van der Waals surface area contributed by atoms with E-state index in [0.29, 0.717) is 12.0 Å². The molecular weight excluding hydrogens is 168 g/mol. The lowest BCUT2D eigenvalue weighted by molar-refractivity contribution is -0.112. The van der Waals surface area contributed by atoms with E-state index in [-0.39, 0.29) is 5.75 Å². The van der Waals surface area contributed by atoms with E-state index in [0.717, 1.165) is 5.56 Å². The lowest BCUT2D eigenvalue weighted by Crippen LogP contribution is -2.17. The van der Waals surface area contributed by atoms with Gasteiger partial charge in [0.1, 0.15) is 0 Å². The van der Waals surface area contributed by atoms with Gasteiger partial charge in [-0.2, -0.15) is 0 Å². The number of rotatable bonds is 1. The number of phenolic OH excluding ortho intramolecular Hbond substituents is 1. The molecule has 0 saturated heterocycles. The molecule has 66 valence electrons. The van der Waals surface area contributed by atoms with Gasteiger partial charge in [0.15, 0.2) is 23.9 Å². The molecular formula is C10H8O3. The first-order valence-electron chi connectivity index (χ1n) is 3.93. The van der Waals surface area contributed by atoms with E-state index < -0.39 is 6.10 Å². The number of fused-ring (bicyclic) bond motifs is 1. The fraction of sp³-hybridized carbons (Fsp3) is 0.100. The van der Waals surface area contributed by atoms with Crippen molar-refractivity contribution in [2.45, 2.75) is 6.10 Å². The minimum Gasteiger partial charge on any atom is -0.504 e. The number of para-hydroxylation sites is 1. The van der Waals surface area contributed by atoms with Crippen LogP contribution in [0.1, 0.15) is 5.56 Å². The zero-order valence-corrected chi connectivity index (χ0v) is 6.81. The van der Waals surface area contributed by atoms with Crippen LogP contribution in [0.25, 0.3) is 6.08 Å². The van der Waals surface area contributed by atoms with Gasteiger partial charge in [0, 0.05) is 5.56 Å². The van der Waals surface area contributed by atoms with Crippen LogP contribution < -0.4 is 4.74 Å². The average Bonchev–Trinajstić information content (AvgIpc) is 2.18. The molecule has 3 nitrogen and oxygen atoms in total. The molecule has 1 aliphatic heterocycles. The van der Waals surface area contributed by atoms with Gasteiger partial charge in [-0.3, -0.25) is 4.79 Å². The van der Waals surface area contributed by atoms with Crippen molar-refractivity contribution in [1.82, 2.24) is 0 Å². The normalized spacial score (nSPS) is 18.9. The third-order valence-corrected chi connectivity index (χ3v) is 1.88. The summed E-state index contributed by atoms with van der Waals surface area (Å²) in [6, 6.07) is 5.07.